The number of nitrogens with zero attached hydrogens (tertiary/aromatic N) is 3. The van der Waals surface area contributed by atoms with Gasteiger partial charge in [0.1, 0.15) is 0 Å². The molecular formula is C18H19N3OS. The summed E-state index contributed by atoms with van der Waals surface area (Å²) < 4.78 is 0. The summed E-state index contributed by atoms with van der Waals surface area (Å²) in [4.78, 5) is 20.6. The molecule has 1 aliphatic heterocycles. The molecule has 5 heteroatoms. The molecule has 0 atom stereocenters. The fourth-order valence-corrected chi connectivity index (χ4v) is 3.19. The number of amides is 1. The molecule has 2 heterocycles. The van der Waals surface area contributed by atoms with Crippen molar-refractivity contribution in [1.29, 1.82) is 0 Å². The molecule has 0 radical (unpaired) electrons. The third kappa shape index (κ3) is 3.72. The number of thiazole rings is 1. The van der Waals surface area contributed by atoms with Gasteiger partial charge in [0.05, 0.1) is 0 Å². The summed E-state index contributed by atoms with van der Waals surface area (Å²) in [5.74, 6) is 5.66. The van der Waals surface area contributed by atoms with Gasteiger partial charge in [0, 0.05) is 49.2 Å². The van der Waals surface area contributed by atoms with Gasteiger partial charge in [0.25, 0.3) is 5.91 Å². The van der Waals surface area contributed by atoms with Crippen molar-refractivity contribution in [3.05, 3.63) is 46.5 Å². The number of hydrogen-bond donors (Lipinski definition) is 0. The van der Waals surface area contributed by atoms with E-state index in [1.54, 1.807) is 11.3 Å². The zero-order chi connectivity index (χ0) is 16.2. The molecule has 0 spiro atoms. The Morgan fingerprint density at radius 3 is 2.61 bits per heavy atom. The van der Waals surface area contributed by atoms with Crippen LogP contribution in [-0.2, 0) is 4.79 Å². The van der Waals surface area contributed by atoms with Gasteiger partial charge in [-0.2, -0.15) is 0 Å². The average Bonchev–Trinajstić information content (AvgIpc) is 3.10. The van der Waals surface area contributed by atoms with E-state index >= 15 is 0 Å². The third-order valence-corrected chi connectivity index (χ3v) is 4.91. The maximum absolute atomic E-state index is 12.2. The molecule has 1 aromatic carbocycles. The molecule has 1 aliphatic rings. The van der Waals surface area contributed by atoms with Gasteiger partial charge in [-0.1, -0.05) is 12.0 Å². The van der Waals surface area contributed by atoms with Gasteiger partial charge in [0.2, 0.25) is 0 Å². The zero-order valence-electron chi connectivity index (χ0n) is 13.4. The number of rotatable bonds is 1. The predicted molar refractivity (Wildman–Crippen MR) is 93.7 cm³/mol. The molecule has 2 aromatic rings. The van der Waals surface area contributed by atoms with Gasteiger partial charge in [-0.3, -0.25) is 4.79 Å². The van der Waals surface area contributed by atoms with Gasteiger partial charge in [0.15, 0.2) is 5.13 Å². The van der Waals surface area contributed by atoms with E-state index in [0.717, 1.165) is 23.8 Å². The Morgan fingerprint density at radius 1 is 1.17 bits per heavy atom. The number of aryl methyl sites for hydroxylation is 2. The number of piperazine rings is 1. The lowest BCUT2D eigenvalue weighted by molar-refractivity contribution is -0.125. The highest BCUT2D eigenvalue weighted by molar-refractivity contribution is 7.13. The largest absolute Gasteiger partial charge is 0.345 e. The Morgan fingerprint density at radius 2 is 1.96 bits per heavy atom. The highest BCUT2D eigenvalue weighted by Crippen LogP contribution is 2.18. The SMILES string of the molecule is Cc1ccc(C#CC(=O)N2CCN(c3nccs3)CC2)cc1C. The van der Waals surface area contributed by atoms with Crippen molar-refractivity contribution in [1.82, 2.24) is 9.88 Å². The molecule has 1 fully saturated rings. The van der Waals surface area contributed by atoms with Crippen LogP contribution in [0.2, 0.25) is 0 Å². The van der Waals surface area contributed by atoms with E-state index in [0.29, 0.717) is 13.1 Å². The van der Waals surface area contributed by atoms with Crippen LogP contribution >= 0.6 is 11.3 Å². The molecule has 0 bridgehead atoms. The Bertz CT molecular complexity index is 750. The van der Waals surface area contributed by atoms with E-state index in [1.165, 1.54) is 11.1 Å². The Kier molecular flexibility index (Phi) is 4.63. The molecule has 1 amide bonds. The number of benzene rings is 1. The van der Waals surface area contributed by atoms with Gasteiger partial charge >= 0.3 is 0 Å². The molecule has 4 nitrogen and oxygen atoms in total. The quantitative estimate of drug-likeness (QED) is 0.756. The first-order valence-electron chi connectivity index (χ1n) is 7.66. The molecule has 0 saturated carbocycles. The minimum absolute atomic E-state index is 0.0954. The van der Waals surface area contributed by atoms with Gasteiger partial charge < -0.3 is 9.80 Å². The summed E-state index contributed by atoms with van der Waals surface area (Å²) in [6.45, 7) is 7.13. The smallest absolute Gasteiger partial charge is 0.298 e. The number of anilines is 1. The van der Waals surface area contributed by atoms with E-state index < -0.39 is 0 Å². The second-order valence-electron chi connectivity index (χ2n) is 5.64. The van der Waals surface area contributed by atoms with Crippen molar-refractivity contribution in [3.8, 4) is 11.8 Å². The second kappa shape index (κ2) is 6.84. The molecule has 0 N–H and O–H groups in total. The van der Waals surface area contributed by atoms with Gasteiger partial charge in [-0.15, -0.1) is 11.3 Å². The average molecular weight is 325 g/mol. The minimum atomic E-state index is -0.0954. The molecule has 3 rings (SSSR count). The van der Waals surface area contributed by atoms with E-state index in [9.17, 15) is 4.79 Å². The van der Waals surface area contributed by atoms with Crippen molar-refractivity contribution in [2.24, 2.45) is 0 Å². The lowest BCUT2D eigenvalue weighted by Crippen LogP contribution is -2.48. The van der Waals surface area contributed by atoms with Crippen molar-refractivity contribution in [3.63, 3.8) is 0 Å². The Labute approximate surface area is 140 Å². The highest BCUT2D eigenvalue weighted by Gasteiger charge is 2.21. The summed E-state index contributed by atoms with van der Waals surface area (Å²) in [5.41, 5.74) is 3.32. The number of carbonyl (C=O) groups excluding carboxylic acids is 1. The minimum Gasteiger partial charge on any atom is -0.345 e. The van der Waals surface area contributed by atoms with Crippen LogP contribution < -0.4 is 4.90 Å². The van der Waals surface area contributed by atoms with E-state index in [2.05, 4.69) is 35.6 Å². The van der Waals surface area contributed by atoms with Crippen LogP contribution in [0.5, 0.6) is 0 Å². The standard InChI is InChI=1S/C18H19N3OS/c1-14-3-4-16(13-15(14)2)5-6-17(22)20-8-10-21(11-9-20)18-19-7-12-23-18/h3-4,7,12-13H,8-11H2,1-2H3. The third-order valence-electron chi connectivity index (χ3n) is 4.08. The van der Waals surface area contributed by atoms with Crippen molar-refractivity contribution in [2.45, 2.75) is 13.8 Å². The van der Waals surface area contributed by atoms with Crippen LogP contribution in [0.15, 0.2) is 29.8 Å². The molecule has 23 heavy (non-hydrogen) atoms. The summed E-state index contributed by atoms with van der Waals surface area (Å²) in [6, 6.07) is 6.02. The van der Waals surface area contributed by atoms with Crippen LogP contribution in [0.25, 0.3) is 0 Å². The van der Waals surface area contributed by atoms with Crippen LogP contribution in [0.1, 0.15) is 16.7 Å². The van der Waals surface area contributed by atoms with Gasteiger partial charge in [-0.05, 0) is 37.1 Å². The van der Waals surface area contributed by atoms with E-state index in [-0.39, 0.29) is 5.91 Å². The maximum atomic E-state index is 12.2. The lowest BCUT2D eigenvalue weighted by Gasteiger charge is -2.33. The molecule has 118 valence electrons. The van der Waals surface area contributed by atoms with Crippen LogP contribution in [-0.4, -0.2) is 42.0 Å². The topological polar surface area (TPSA) is 36.4 Å². The fourth-order valence-electron chi connectivity index (χ4n) is 2.50. The summed E-state index contributed by atoms with van der Waals surface area (Å²) >= 11 is 1.63. The van der Waals surface area contributed by atoms with Crippen molar-refractivity contribution < 1.29 is 4.79 Å². The summed E-state index contributed by atoms with van der Waals surface area (Å²) in [6.07, 6.45) is 1.81. The normalized spacial score (nSPS) is 14.3. The Hall–Kier alpha value is -2.32. The van der Waals surface area contributed by atoms with E-state index in [1.807, 2.05) is 34.7 Å². The fraction of sp³-hybridized carbons (Fsp3) is 0.333. The molecule has 1 saturated heterocycles. The predicted octanol–water partition coefficient (Wildman–Crippen LogP) is 2.46. The van der Waals surface area contributed by atoms with Crippen molar-refractivity contribution in [2.75, 3.05) is 31.1 Å². The van der Waals surface area contributed by atoms with Crippen LogP contribution in [0, 0.1) is 25.7 Å². The molecule has 0 aliphatic carbocycles. The summed E-state index contributed by atoms with van der Waals surface area (Å²) in [7, 11) is 0. The first kappa shape index (κ1) is 15.6. The Balaban J connectivity index is 1.60. The van der Waals surface area contributed by atoms with Crippen LogP contribution in [0.3, 0.4) is 0 Å². The first-order chi connectivity index (χ1) is 11.1. The van der Waals surface area contributed by atoms with Crippen LogP contribution in [0.4, 0.5) is 5.13 Å². The molecule has 1 aromatic heterocycles. The second-order valence-corrected chi connectivity index (χ2v) is 6.52. The van der Waals surface area contributed by atoms with Gasteiger partial charge in [-0.25, -0.2) is 4.98 Å². The monoisotopic (exact) mass is 325 g/mol. The number of carbonyl (C=O) groups is 1. The maximum Gasteiger partial charge on any atom is 0.298 e. The summed E-state index contributed by atoms with van der Waals surface area (Å²) in [5, 5.41) is 3.00. The first-order valence-corrected chi connectivity index (χ1v) is 8.54. The zero-order valence-corrected chi connectivity index (χ0v) is 14.2. The van der Waals surface area contributed by atoms with Crippen molar-refractivity contribution >= 4 is 22.4 Å². The number of hydrogen-bond acceptors (Lipinski definition) is 4. The molecular weight excluding hydrogens is 306 g/mol. The number of aromatic nitrogens is 1. The molecule has 0 unspecified atom stereocenters. The van der Waals surface area contributed by atoms with E-state index in [4.69, 9.17) is 0 Å². The lowest BCUT2D eigenvalue weighted by atomic mass is 10.1. The highest BCUT2D eigenvalue weighted by atomic mass is 32.1.